The summed E-state index contributed by atoms with van der Waals surface area (Å²) in [4.78, 5) is 19.4. The number of anilines is 1. The fourth-order valence-electron chi connectivity index (χ4n) is 2.09. The highest BCUT2D eigenvalue weighted by Crippen LogP contribution is 2.22. The van der Waals surface area contributed by atoms with Crippen LogP contribution in [0.15, 0.2) is 52.5 Å². The van der Waals surface area contributed by atoms with Gasteiger partial charge in [0.15, 0.2) is 5.16 Å². The number of hydrogen-bond acceptors (Lipinski definition) is 5. The van der Waals surface area contributed by atoms with Crippen molar-refractivity contribution in [2.45, 2.75) is 10.1 Å². The lowest BCUT2D eigenvalue weighted by Gasteiger charge is -2.05. The minimum Gasteiger partial charge on any atom is -0.333 e. The number of fused-ring (bicyclic) bond motifs is 1. The lowest BCUT2D eigenvalue weighted by Crippen LogP contribution is -2.15. The smallest absolute Gasteiger partial charge is 0.238 e. The van der Waals surface area contributed by atoms with Gasteiger partial charge in [-0.15, -0.1) is 0 Å². The van der Waals surface area contributed by atoms with Crippen molar-refractivity contribution in [3.8, 4) is 0 Å². The van der Waals surface area contributed by atoms with Crippen molar-refractivity contribution < 1.29 is 13.2 Å². The molecule has 0 saturated carbocycles. The van der Waals surface area contributed by atoms with Gasteiger partial charge in [0.1, 0.15) is 0 Å². The molecule has 0 atom stereocenters. The molecule has 0 aliphatic heterocycles. The third kappa shape index (κ3) is 4.51. The molecule has 0 aliphatic carbocycles. The van der Waals surface area contributed by atoms with Gasteiger partial charge in [0, 0.05) is 10.7 Å². The quantitative estimate of drug-likeness (QED) is 0.573. The van der Waals surface area contributed by atoms with Crippen molar-refractivity contribution in [3.63, 3.8) is 0 Å². The van der Waals surface area contributed by atoms with Crippen molar-refractivity contribution >= 4 is 56.0 Å². The minimum atomic E-state index is -3.75. The highest BCUT2D eigenvalue weighted by molar-refractivity contribution is 7.99. The van der Waals surface area contributed by atoms with Gasteiger partial charge >= 0.3 is 0 Å². The van der Waals surface area contributed by atoms with Crippen molar-refractivity contribution in [2.24, 2.45) is 5.14 Å². The third-order valence-corrected chi connectivity index (χ3v) is 5.27. The van der Waals surface area contributed by atoms with Crippen LogP contribution in [0.2, 0.25) is 5.02 Å². The first kappa shape index (κ1) is 17.7. The van der Waals surface area contributed by atoms with Crippen molar-refractivity contribution in [3.05, 3.63) is 47.5 Å². The summed E-state index contributed by atoms with van der Waals surface area (Å²) >= 11 is 7.17. The van der Waals surface area contributed by atoms with E-state index < -0.39 is 10.0 Å². The van der Waals surface area contributed by atoms with Crippen LogP contribution >= 0.6 is 23.4 Å². The molecular formula is C15H13ClN4O3S2. The second-order valence-corrected chi connectivity index (χ2v) is 8.07. The number of sulfonamides is 1. The molecule has 1 aromatic heterocycles. The molecule has 1 amide bonds. The Morgan fingerprint density at radius 2 is 1.96 bits per heavy atom. The molecule has 0 unspecified atom stereocenters. The second kappa shape index (κ2) is 7.04. The van der Waals surface area contributed by atoms with E-state index in [4.69, 9.17) is 16.7 Å². The van der Waals surface area contributed by atoms with E-state index in [1.54, 1.807) is 18.2 Å². The second-order valence-electron chi connectivity index (χ2n) is 5.11. The topological polar surface area (TPSA) is 118 Å². The molecule has 1 heterocycles. The first-order valence-electron chi connectivity index (χ1n) is 7.02. The zero-order valence-corrected chi connectivity index (χ0v) is 15.1. The highest BCUT2D eigenvalue weighted by atomic mass is 35.5. The van der Waals surface area contributed by atoms with Crippen molar-refractivity contribution in [1.29, 1.82) is 0 Å². The summed E-state index contributed by atoms with van der Waals surface area (Å²) in [6.45, 7) is 0. The Kier molecular flexibility index (Phi) is 5.00. The van der Waals surface area contributed by atoms with Crippen LogP contribution in [-0.2, 0) is 14.8 Å². The van der Waals surface area contributed by atoms with Crippen LogP contribution in [0.1, 0.15) is 0 Å². The van der Waals surface area contributed by atoms with Crippen molar-refractivity contribution in [2.75, 3.05) is 11.1 Å². The van der Waals surface area contributed by atoms with Crippen LogP contribution in [0.25, 0.3) is 11.0 Å². The summed E-state index contributed by atoms with van der Waals surface area (Å²) in [5.74, 6) is -0.100. The van der Waals surface area contributed by atoms with Gasteiger partial charge in [-0.25, -0.2) is 18.5 Å². The number of aromatic amines is 1. The fourth-order valence-corrected chi connectivity index (χ4v) is 3.46. The first-order chi connectivity index (χ1) is 11.8. The number of nitrogens with one attached hydrogen (secondary N) is 2. The van der Waals surface area contributed by atoms with Gasteiger partial charge in [0.2, 0.25) is 15.9 Å². The summed E-state index contributed by atoms with van der Waals surface area (Å²) in [5, 5.41) is 8.91. The van der Waals surface area contributed by atoms with E-state index in [1.165, 1.54) is 36.0 Å². The zero-order chi connectivity index (χ0) is 18.0. The Hall–Kier alpha value is -2.07. The largest absolute Gasteiger partial charge is 0.333 e. The van der Waals surface area contributed by atoms with Crippen LogP contribution in [-0.4, -0.2) is 30.0 Å². The summed E-state index contributed by atoms with van der Waals surface area (Å²) in [6.07, 6.45) is 0. The summed E-state index contributed by atoms with van der Waals surface area (Å²) < 4.78 is 22.4. The first-order valence-corrected chi connectivity index (χ1v) is 9.93. The van der Waals surface area contributed by atoms with E-state index in [1.807, 2.05) is 0 Å². The number of thioether (sulfide) groups is 1. The molecule has 0 spiro atoms. The molecule has 130 valence electrons. The lowest BCUT2D eigenvalue weighted by molar-refractivity contribution is -0.113. The number of H-pyrrole nitrogens is 1. The van der Waals surface area contributed by atoms with E-state index in [0.29, 0.717) is 15.9 Å². The van der Waals surface area contributed by atoms with Gasteiger partial charge in [0.05, 0.1) is 21.7 Å². The lowest BCUT2D eigenvalue weighted by atomic mass is 10.3. The molecule has 7 nitrogen and oxygen atoms in total. The maximum absolute atomic E-state index is 12.0. The Labute approximate surface area is 153 Å². The molecule has 10 heteroatoms. The van der Waals surface area contributed by atoms with Crippen LogP contribution < -0.4 is 10.5 Å². The molecule has 0 saturated heterocycles. The average Bonchev–Trinajstić information content (AvgIpc) is 2.94. The normalized spacial score (nSPS) is 11.6. The Morgan fingerprint density at radius 1 is 1.24 bits per heavy atom. The molecule has 25 heavy (non-hydrogen) atoms. The fraction of sp³-hybridized carbons (Fsp3) is 0.0667. The average molecular weight is 397 g/mol. The van der Waals surface area contributed by atoms with Crippen LogP contribution in [0.5, 0.6) is 0 Å². The molecule has 3 rings (SSSR count). The SMILES string of the molecule is NS(=O)(=O)c1ccc(NC(=O)CSc2nc3ccc(Cl)cc3[nH]2)cc1. The number of nitrogens with two attached hydrogens (primary N) is 1. The molecule has 0 bridgehead atoms. The van der Waals surface area contributed by atoms with Crippen molar-refractivity contribution in [1.82, 2.24) is 9.97 Å². The predicted molar refractivity (Wildman–Crippen MR) is 98.3 cm³/mol. The summed E-state index contributed by atoms with van der Waals surface area (Å²) in [6, 6.07) is 10.9. The molecule has 0 fully saturated rings. The number of rotatable bonds is 5. The van der Waals surface area contributed by atoms with E-state index in [0.717, 1.165) is 11.0 Å². The van der Waals surface area contributed by atoms with E-state index in [9.17, 15) is 13.2 Å². The number of imidazole rings is 1. The molecule has 3 aromatic rings. The molecule has 0 aliphatic rings. The van der Waals surface area contributed by atoms with E-state index in [2.05, 4.69) is 15.3 Å². The molecule has 2 aromatic carbocycles. The van der Waals surface area contributed by atoms with Gasteiger partial charge in [-0.05, 0) is 42.5 Å². The van der Waals surface area contributed by atoms with Gasteiger partial charge < -0.3 is 10.3 Å². The molecular weight excluding hydrogens is 384 g/mol. The number of benzene rings is 2. The maximum Gasteiger partial charge on any atom is 0.238 e. The van der Waals surface area contributed by atoms with Crippen LogP contribution in [0, 0.1) is 0 Å². The van der Waals surface area contributed by atoms with Gasteiger partial charge in [-0.2, -0.15) is 0 Å². The van der Waals surface area contributed by atoms with Gasteiger partial charge in [-0.3, -0.25) is 4.79 Å². The van der Waals surface area contributed by atoms with Crippen LogP contribution in [0.4, 0.5) is 5.69 Å². The third-order valence-electron chi connectivity index (χ3n) is 3.23. The Morgan fingerprint density at radius 3 is 2.64 bits per heavy atom. The maximum atomic E-state index is 12.0. The number of carbonyl (C=O) groups is 1. The van der Waals surface area contributed by atoms with E-state index in [-0.39, 0.29) is 16.6 Å². The number of primary sulfonamides is 1. The highest BCUT2D eigenvalue weighted by Gasteiger charge is 2.10. The van der Waals surface area contributed by atoms with E-state index >= 15 is 0 Å². The Balaban J connectivity index is 1.60. The van der Waals surface area contributed by atoms with Gasteiger partial charge in [0.25, 0.3) is 0 Å². The minimum absolute atomic E-state index is 0.0131. The number of nitrogens with zero attached hydrogens (tertiary/aromatic N) is 1. The monoisotopic (exact) mass is 396 g/mol. The number of aromatic nitrogens is 2. The number of hydrogen-bond donors (Lipinski definition) is 3. The summed E-state index contributed by atoms with van der Waals surface area (Å²) in [5.41, 5.74) is 2.05. The van der Waals surface area contributed by atoms with Crippen LogP contribution in [0.3, 0.4) is 0 Å². The number of amides is 1. The standard InChI is InChI=1S/C15H13ClN4O3S2/c16-9-1-6-12-13(7-9)20-15(19-12)24-8-14(21)18-10-2-4-11(5-3-10)25(17,22)23/h1-7H,8H2,(H,18,21)(H,19,20)(H2,17,22,23). The number of carbonyl (C=O) groups excluding carboxylic acids is 1. The predicted octanol–water partition coefficient (Wildman–Crippen LogP) is 2.59. The molecule has 0 radical (unpaired) electrons. The Bertz CT molecular complexity index is 1030. The number of halogens is 1. The molecule has 4 N–H and O–H groups in total. The zero-order valence-electron chi connectivity index (χ0n) is 12.7. The summed E-state index contributed by atoms with van der Waals surface area (Å²) in [7, 11) is -3.75. The van der Waals surface area contributed by atoms with Gasteiger partial charge in [-0.1, -0.05) is 23.4 Å².